The number of carbonyl (C=O) groups is 4. The Balaban J connectivity index is 2.19. The second-order valence-corrected chi connectivity index (χ2v) is 11.8. The molecule has 0 aliphatic heterocycles. The molecule has 2 aromatic rings. The number of rotatable bonds is 24. The number of phosphoric ester groups is 1. The summed E-state index contributed by atoms with van der Waals surface area (Å²) in [6, 6.07) is 17.4. The minimum atomic E-state index is -5.05. The molecule has 254 valence electrons. The Morgan fingerprint density at radius 2 is 1.17 bits per heavy atom. The Morgan fingerprint density at radius 1 is 0.717 bits per heavy atom. The summed E-state index contributed by atoms with van der Waals surface area (Å²) < 4.78 is 23.0. The van der Waals surface area contributed by atoms with E-state index in [1.54, 1.807) is 6.92 Å². The molecule has 15 nitrogen and oxygen atoms in total. The summed E-state index contributed by atoms with van der Waals surface area (Å²) in [5, 5.41) is 45.3. The third kappa shape index (κ3) is 15.1. The summed E-state index contributed by atoms with van der Waals surface area (Å²) in [5.41, 5.74) is 1.85. The van der Waals surface area contributed by atoms with Crippen LogP contribution in [0.2, 0.25) is 0 Å². The van der Waals surface area contributed by atoms with Crippen molar-refractivity contribution in [1.82, 2.24) is 14.7 Å². The van der Waals surface area contributed by atoms with Crippen molar-refractivity contribution in [2.75, 3.05) is 65.6 Å². The number of hydrogen-bond acceptors (Lipinski definition) is 15. The van der Waals surface area contributed by atoms with E-state index in [9.17, 15) is 49.1 Å². The van der Waals surface area contributed by atoms with E-state index in [0.717, 1.165) is 16.0 Å². The van der Waals surface area contributed by atoms with Crippen molar-refractivity contribution in [2.24, 2.45) is 0 Å². The predicted molar refractivity (Wildman–Crippen MR) is 153 cm³/mol. The van der Waals surface area contributed by atoms with E-state index in [0.29, 0.717) is 0 Å². The average molecular weight is 663 g/mol. The first-order chi connectivity index (χ1) is 21.8. The first-order valence-electron chi connectivity index (χ1n) is 14.5. The molecule has 0 fully saturated rings. The molecule has 0 bridgehead atoms. The van der Waals surface area contributed by atoms with Crippen molar-refractivity contribution >= 4 is 31.7 Å². The van der Waals surface area contributed by atoms with Crippen molar-refractivity contribution in [3.05, 3.63) is 71.8 Å². The van der Waals surface area contributed by atoms with Gasteiger partial charge in [-0.2, -0.15) is 0 Å². The number of carboxylic acid groups (broad SMARTS) is 4. The minimum Gasteiger partial charge on any atom is -0.756 e. The SMILES string of the molecule is CCN(CCN(CC(=O)[O-])CC(COP(=O)([O-])OCCC(c1ccccc1)c1ccccc1)N(CC(=O)[O-])CC(=O)[O-])CC(=O)[O-]. The molecule has 0 saturated heterocycles. The van der Waals surface area contributed by atoms with E-state index in [4.69, 9.17) is 9.05 Å². The third-order valence-corrected chi connectivity index (χ3v) is 7.98. The summed E-state index contributed by atoms with van der Waals surface area (Å²) in [5.74, 6) is -6.51. The zero-order valence-corrected chi connectivity index (χ0v) is 26.3. The van der Waals surface area contributed by atoms with Gasteiger partial charge in [0.2, 0.25) is 0 Å². The van der Waals surface area contributed by atoms with Gasteiger partial charge in [-0.3, -0.25) is 19.3 Å². The highest BCUT2D eigenvalue weighted by molar-refractivity contribution is 7.45. The minimum absolute atomic E-state index is 0.0272. The number of phosphoric acid groups is 1. The van der Waals surface area contributed by atoms with Crippen molar-refractivity contribution < 1.29 is 58.1 Å². The zero-order valence-electron chi connectivity index (χ0n) is 25.4. The molecule has 16 heteroatoms. The lowest BCUT2D eigenvalue weighted by Crippen LogP contribution is -2.55. The van der Waals surface area contributed by atoms with Gasteiger partial charge in [-0.25, -0.2) is 0 Å². The Morgan fingerprint density at radius 3 is 1.63 bits per heavy atom. The normalized spacial score (nSPS) is 13.6. The number of hydrogen-bond donors (Lipinski definition) is 0. The molecule has 2 aromatic carbocycles. The highest BCUT2D eigenvalue weighted by Crippen LogP contribution is 2.40. The number of nitrogens with zero attached hydrogens (tertiary/aromatic N) is 3. The average Bonchev–Trinajstić information content (AvgIpc) is 2.99. The summed E-state index contributed by atoms with van der Waals surface area (Å²) in [6.07, 6.45) is 0.244. The molecule has 0 heterocycles. The molecule has 0 aliphatic rings. The van der Waals surface area contributed by atoms with Crippen molar-refractivity contribution in [3.8, 4) is 0 Å². The van der Waals surface area contributed by atoms with Crippen LogP contribution in [-0.4, -0.2) is 110 Å². The van der Waals surface area contributed by atoms with Gasteiger partial charge in [0.05, 0.1) is 37.1 Å². The van der Waals surface area contributed by atoms with E-state index >= 15 is 0 Å². The lowest BCUT2D eigenvalue weighted by atomic mass is 9.89. The van der Waals surface area contributed by atoms with Crippen LogP contribution < -0.4 is 25.3 Å². The second kappa shape index (κ2) is 19.7. The van der Waals surface area contributed by atoms with Crippen molar-refractivity contribution in [1.29, 1.82) is 0 Å². The van der Waals surface area contributed by atoms with E-state index in [1.807, 2.05) is 60.7 Å². The Bertz CT molecular complexity index is 1250. The highest BCUT2D eigenvalue weighted by Gasteiger charge is 2.25. The van der Waals surface area contributed by atoms with Gasteiger partial charge in [-0.1, -0.05) is 67.6 Å². The van der Waals surface area contributed by atoms with Gasteiger partial charge < -0.3 is 53.5 Å². The van der Waals surface area contributed by atoms with Gasteiger partial charge in [-0.15, -0.1) is 0 Å². The van der Waals surface area contributed by atoms with E-state index in [2.05, 4.69) is 0 Å². The van der Waals surface area contributed by atoms with E-state index < -0.39 is 77.1 Å². The molecule has 46 heavy (non-hydrogen) atoms. The fourth-order valence-corrected chi connectivity index (χ4v) is 5.60. The molecular weight excluding hydrogens is 625 g/mol. The van der Waals surface area contributed by atoms with E-state index in [-0.39, 0.29) is 38.6 Å². The molecular formula is C30H37N3O12P-5. The van der Waals surface area contributed by atoms with Gasteiger partial charge >= 0.3 is 0 Å². The quantitative estimate of drug-likeness (QED) is 0.0976. The van der Waals surface area contributed by atoms with Crippen molar-refractivity contribution in [3.63, 3.8) is 0 Å². The molecule has 2 atom stereocenters. The molecule has 0 aromatic heterocycles. The van der Waals surface area contributed by atoms with Crippen LogP contribution in [0.4, 0.5) is 0 Å². The molecule has 2 unspecified atom stereocenters. The van der Waals surface area contributed by atoms with Crippen LogP contribution in [0.25, 0.3) is 0 Å². The smallest absolute Gasteiger partial charge is 0.267 e. The summed E-state index contributed by atoms with van der Waals surface area (Å²) in [7, 11) is -5.05. The molecule has 0 amide bonds. The Labute approximate surface area is 267 Å². The van der Waals surface area contributed by atoms with Gasteiger partial charge in [0.1, 0.15) is 0 Å². The van der Waals surface area contributed by atoms with E-state index in [1.165, 1.54) is 9.80 Å². The number of carbonyl (C=O) groups excluding carboxylic acids is 4. The third-order valence-electron chi connectivity index (χ3n) is 7.02. The second-order valence-electron chi connectivity index (χ2n) is 10.4. The topological polar surface area (TPSA) is 229 Å². The number of likely N-dealkylation sites (N-methyl/N-ethyl adjacent to an activating group) is 1. The maximum Gasteiger partial charge on any atom is 0.267 e. The molecule has 0 saturated carbocycles. The zero-order chi connectivity index (χ0) is 34.1. The summed E-state index contributed by atoms with van der Waals surface area (Å²) in [4.78, 5) is 61.6. The monoisotopic (exact) mass is 662 g/mol. The van der Waals surface area contributed by atoms with Gasteiger partial charge in [0.25, 0.3) is 7.82 Å². The number of benzene rings is 2. The Hall–Kier alpha value is -3.69. The van der Waals surface area contributed by atoms with Crippen LogP contribution in [0.1, 0.15) is 30.4 Å². The molecule has 0 radical (unpaired) electrons. The largest absolute Gasteiger partial charge is 0.756 e. The van der Waals surface area contributed by atoms with Crippen LogP contribution in [0, 0.1) is 0 Å². The van der Waals surface area contributed by atoms with Gasteiger partial charge in [0, 0.05) is 57.8 Å². The molecule has 0 N–H and O–H groups in total. The predicted octanol–water partition coefficient (Wildman–Crippen LogP) is -4.00. The summed E-state index contributed by atoms with van der Waals surface area (Å²) >= 11 is 0. The maximum atomic E-state index is 12.8. The van der Waals surface area contributed by atoms with Gasteiger partial charge in [-0.05, 0) is 24.1 Å². The Kier molecular flexibility index (Phi) is 16.5. The maximum absolute atomic E-state index is 12.8. The fraction of sp³-hybridized carbons (Fsp3) is 0.467. The van der Waals surface area contributed by atoms with Crippen molar-refractivity contribution in [2.45, 2.75) is 25.3 Å². The lowest BCUT2D eigenvalue weighted by Gasteiger charge is -2.37. The number of aliphatic carboxylic acids is 4. The lowest BCUT2D eigenvalue weighted by molar-refractivity contribution is -0.312. The van der Waals surface area contributed by atoms with Crippen LogP contribution in [0.15, 0.2) is 60.7 Å². The highest BCUT2D eigenvalue weighted by atomic mass is 31.2. The molecule has 0 aliphatic carbocycles. The van der Waals surface area contributed by atoms with Crippen LogP contribution in [0.5, 0.6) is 0 Å². The first kappa shape index (κ1) is 38.5. The van der Waals surface area contributed by atoms with Crippen LogP contribution in [-0.2, 0) is 32.8 Å². The fourth-order valence-electron chi connectivity index (χ4n) is 4.84. The van der Waals surface area contributed by atoms with Crippen LogP contribution >= 0.6 is 7.82 Å². The standard InChI is InChI=1S/C30H42N3O12P/c1-2-31(18-27(34)35)14-15-32(19-28(36)37)17-25(33(20-29(38)39)21-30(40)41)22-45-46(42,43)44-16-13-26(23-9-5-3-6-10-23)24-11-7-4-8-12-24/h3-12,25-26H,2,13-22H2,1H3,(H,34,35)(H,36,37)(H,38,39)(H,40,41)(H,42,43)/p-5. The molecule has 2 rings (SSSR count). The molecule has 0 spiro atoms. The first-order valence-corrected chi connectivity index (χ1v) is 15.9. The van der Waals surface area contributed by atoms with Crippen LogP contribution in [0.3, 0.4) is 0 Å². The number of carboxylic acids is 4. The van der Waals surface area contributed by atoms with Gasteiger partial charge in [0.15, 0.2) is 0 Å². The summed E-state index contributed by atoms with van der Waals surface area (Å²) in [6.45, 7) is -2.79.